The summed E-state index contributed by atoms with van der Waals surface area (Å²) in [4.78, 5) is 14.4. The van der Waals surface area contributed by atoms with Crippen molar-refractivity contribution in [2.45, 2.75) is 70.4 Å². The molecule has 5 heteroatoms. The van der Waals surface area contributed by atoms with Crippen LogP contribution in [-0.4, -0.2) is 42.8 Å². The van der Waals surface area contributed by atoms with Gasteiger partial charge < -0.3 is 15.0 Å². The molecule has 2 aliphatic rings. The van der Waals surface area contributed by atoms with E-state index in [1.54, 1.807) is 0 Å². The van der Waals surface area contributed by atoms with E-state index in [1.165, 1.54) is 19.3 Å². The molecule has 1 aliphatic heterocycles. The lowest BCUT2D eigenvalue weighted by atomic mass is 9.98. The normalized spacial score (nSPS) is 21.1. The minimum atomic E-state index is -0.0688. The molecule has 1 saturated carbocycles. The Kier molecular flexibility index (Phi) is 8.31. The molecule has 1 amide bonds. The van der Waals surface area contributed by atoms with Crippen molar-refractivity contribution in [1.82, 2.24) is 10.2 Å². The summed E-state index contributed by atoms with van der Waals surface area (Å²) in [7, 11) is 0. The van der Waals surface area contributed by atoms with Gasteiger partial charge in [-0.1, -0.05) is 13.3 Å². The van der Waals surface area contributed by atoms with Gasteiger partial charge >= 0.3 is 6.09 Å². The molecule has 4 nitrogen and oxygen atoms in total. The molecule has 0 spiro atoms. The molecule has 1 aliphatic carbocycles. The number of hydrogen-bond donors (Lipinski definition) is 1. The van der Waals surface area contributed by atoms with Gasteiger partial charge in [0.2, 0.25) is 0 Å². The molecule has 0 aromatic heterocycles. The second-order valence-corrected chi connectivity index (χ2v) is 5.82. The number of carbonyl (C=O) groups excluding carboxylic acids is 1. The van der Waals surface area contributed by atoms with Gasteiger partial charge in [0.1, 0.15) is 6.10 Å². The van der Waals surface area contributed by atoms with E-state index in [0.29, 0.717) is 6.04 Å². The fourth-order valence-corrected chi connectivity index (χ4v) is 3.18. The van der Waals surface area contributed by atoms with Crippen LogP contribution >= 0.6 is 12.4 Å². The Bertz CT molecular complexity index is 277. The van der Waals surface area contributed by atoms with Gasteiger partial charge in [-0.3, -0.25) is 0 Å². The number of carbonyl (C=O) groups is 1. The predicted octanol–water partition coefficient (Wildman–Crippen LogP) is 3.34. The van der Waals surface area contributed by atoms with E-state index in [0.717, 1.165) is 51.7 Å². The highest BCUT2D eigenvalue weighted by Gasteiger charge is 2.28. The Hall–Kier alpha value is -0.480. The van der Waals surface area contributed by atoms with E-state index in [4.69, 9.17) is 4.74 Å². The molecule has 0 radical (unpaired) electrons. The van der Waals surface area contributed by atoms with Crippen LogP contribution < -0.4 is 5.32 Å². The van der Waals surface area contributed by atoms with Gasteiger partial charge in [-0.05, 0) is 58.0 Å². The SMILES string of the molecule is CCCN(C(=O)OC1CCCCC1)C1CCNCC1.Cl. The number of piperidine rings is 1. The second kappa shape index (κ2) is 9.46. The zero-order valence-electron chi connectivity index (χ0n) is 12.6. The molecule has 0 unspecified atom stereocenters. The van der Waals surface area contributed by atoms with E-state index in [-0.39, 0.29) is 24.6 Å². The standard InChI is InChI=1S/C15H28N2O2.ClH/c1-2-12-17(13-8-10-16-11-9-13)15(18)19-14-6-4-3-5-7-14;/h13-14,16H,2-12H2,1H3;1H. The molecule has 0 bridgehead atoms. The number of ether oxygens (including phenoxy) is 1. The lowest BCUT2D eigenvalue weighted by Gasteiger charge is -2.35. The fraction of sp³-hybridized carbons (Fsp3) is 0.933. The minimum absolute atomic E-state index is 0. The van der Waals surface area contributed by atoms with Gasteiger partial charge in [0.25, 0.3) is 0 Å². The number of amides is 1. The smallest absolute Gasteiger partial charge is 0.410 e. The summed E-state index contributed by atoms with van der Waals surface area (Å²) in [6.45, 7) is 4.99. The molecular formula is C15H29ClN2O2. The third kappa shape index (κ3) is 5.13. The lowest BCUT2D eigenvalue weighted by molar-refractivity contribution is 0.0318. The highest BCUT2D eigenvalue weighted by molar-refractivity contribution is 5.85. The van der Waals surface area contributed by atoms with Crippen molar-refractivity contribution in [2.75, 3.05) is 19.6 Å². The third-order valence-corrected chi connectivity index (χ3v) is 4.27. The van der Waals surface area contributed by atoms with E-state index in [2.05, 4.69) is 12.2 Å². The van der Waals surface area contributed by atoms with Gasteiger partial charge in [0, 0.05) is 12.6 Å². The first kappa shape index (κ1) is 17.6. The summed E-state index contributed by atoms with van der Waals surface area (Å²) in [6.07, 6.45) is 9.03. The summed E-state index contributed by atoms with van der Waals surface area (Å²) in [6, 6.07) is 0.372. The molecule has 118 valence electrons. The predicted molar refractivity (Wildman–Crippen MR) is 83.5 cm³/mol. The second-order valence-electron chi connectivity index (χ2n) is 5.82. The molecule has 1 saturated heterocycles. The van der Waals surface area contributed by atoms with Gasteiger partial charge in [-0.15, -0.1) is 12.4 Å². The number of nitrogens with one attached hydrogen (secondary N) is 1. The Morgan fingerprint density at radius 1 is 1.15 bits per heavy atom. The van der Waals surface area contributed by atoms with Crippen molar-refractivity contribution in [2.24, 2.45) is 0 Å². The van der Waals surface area contributed by atoms with Crippen molar-refractivity contribution in [3.05, 3.63) is 0 Å². The van der Waals surface area contributed by atoms with Gasteiger partial charge in [0.15, 0.2) is 0 Å². The Morgan fingerprint density at radius 3 is 2.40 bits per heavy atom. The third-order valence-electron chi connectivity index (χ3n) is 4.27. The molecule has 20 heavy (non-hydrogen) atoms. The lowest BCUT2D eigenvalue weighted by Crippen LogP contribution is -2.47. The van der Waals surface area contributed by atoms with Crippen LogP contribution in [0.2, 0.25) is 0 Å². The van der Waals surface area contributed by atoms with E-state index in [9.17, 15) is 4.79 Å². The Labute approximate surface area is 129 Å². The highest BCUT2D eigenvalue weighted by atomic mass is 35.5. The molecule has 2 rings (SSSR count). The Morgan fingerprint density at radius 2 is 1.80 bits per heavy atom. The molecule has 0 atom stereocenters. The van der Waals surface area contributed by atoms with Crippen molar-refractivity contribution < 1.29 is 9.53 Å². The van der Waals surface area contributed by atoms with E-state index < -0.39 is 0 Å². The average Bonchev–Trinajstić information content (AvgIpc) is 2.46. The molecule has 1 N–H and O–H groups in total. The zero-order chi connectivity index (χ0) is 13.5. The number of nitrogens with zero attached hydrogens (tertiary/aromatic N) is 1. The molecule has 1 heterocycles. The summed E-state index contributed by atoms with van der Waals surface area (Å²) < 4.78 is 5.73. The maximum absolute atomic E-state index is 12.4. The average molecular weight is 305 g/mol. The molecule has 2 fully saturated rings. The van der Waals surface area contributed by atoms with Crippen LogP contribution in [0.3, 0.4) is 0 Å². The van der Waals surface area contributed by atoms with Crippen LogP contribution in [0, 0.1) is 0 Å². The molecule has 0 aromatic rings. The van der Waals surface area contributed by atoms with Crippen LogP contribution in [0.5, 0.6) is 0 Å². The van der Waals surface area contributed by atoms with Crippen LogP contribution in [-0.2, 0) is 4.74 Å². The van der Waals surface area contributed by atoms with Crippen LogP contribution in [0.4, 0.5) is 4.79 Å². The van der Waals surface area contributed by atoms with E-state index >= 15 is 0 Å². The summed E-state index contributed by atoms with van der Waals surface area (Å²) in [5.41, 5.74) is 0. The van der Waals surface area contributed by atoms with Crippen LogP contribution in [0.1, 0.15) is 58.3 Å². The quantitative estimate of drug-likeness (QED) is 0.866. The summed E-state index contributed by atoms with van der Waals surface area (Å²) >= 11 is 0. The van der Waals surface area contributed by atoms with Gasteiger partial charge in [-0.2, -0.15) is 0 Å². The number of rotatable bonds is 4. The topological polar surface area (TPSA) is 41.6 Å². The molecule has 0 aromatic carbocycles. The van der Waals surface area contributed by atoms with Crippen molar-refractivity contribution in [3.8, 4) is 0 Å². The first-order chi connectivity index (χ1) is 9.31. The largest absolute Gasteiger partial charge is 0.446 e. The van der Waals surface area contributed by atoms with E-state index in [1.807, 2.05) is 4.90 Å². The highest BCUT2D eigenvalue weighted by Crippen LogP contribution is 2.22. The maximum Gasteiger partial charge on any atom is 0.410 e. The van der Waals surface area contributed by atoms with Crippen LogP contribution in [0.15, 0.2) is 0 Å². The number of hydrogen-bond acceptors (Lipinski definition) is 3. The van der Waals surface area contributed by atoms with Crippen molar-refractivity contribution in [1.29, 1.82) is 0 Å². The fourth-order valence-electron chi connectivity index (χ4n) is 3.18. The van der Waals surface area contributed by atoms with Crippen molar-refractivity contribution >= 4 is 18.5 Å². The van der Waals surface area contributed by atoms with Crippen LogP contribution in [0.25, 0.3) is 0 Å². The first-order valence-electron chi connectivity index (χ1n) is 7.99. The monoisotopic (exact) mass is 304 g/mol. The number of halogens is 1. The van der Waals surface area contributed by atoms with Gasteiger partial charge in [-0.25, -0.2) is 4.79 Å². The molecular weight excluding hydrogens is 276 g/mol. The summed E-state index contributed by atoms with van der Waals surface area (Å²) in [5, 5.41) is 3.35. The zero-order valence-corrected chi connectivity index (χ0v) is 13.4. The first-order valence-corrected chi connectivity index (χ1v) is 7.99. The maximum atomic E-state index is 12.4. The van der Waals surface area contributed by atoms with Gasteiger partial charge in [0.05, 0.1) is 0 Å². The Balaban J connectivity index is 0.00000200. The summed E-state index contributed by atoms with van der Waals surface area (Å²) in [5.74, 6) is 0. The minimum Gasteiger partial charge on any atom is -0.446 e. The van der Waals surface area contributed by atoms with Crippen molar-refractivity contribution in [3.63, 3.8) is 0 Å².